The predicted molar refractivity (Wildman–Crippen MR) is 86.4 cm³/mol. The van der Waals surface area contributed by atoms with Crippen LogP contribution >= 0.6 is 0 Å². The van der Waals surface area contributed by atoms with Crippen molar-refractivity contribution in [1.29, 1.82) is 0 Å². The van der Waals surface area contributed by atoms with Crippen LogP contribution in [0.2, 0.25) is 0 Å². The Bertz CT molecular complexity index is 774. The molecule has 0 saturated carbocycles. The average molecular weight is 328 g/mol. The summed E-state index contributed by atoms with van der Waals surface area (Å²) in [5.41, 5.74) is 6.39. The number of anilines is 2. The highest BCUT2D eigenvalue weighted by Gasteiger charge is 2.21. The number of carbonyl (C=O) groups is 3. The standard InChI is InChI=1S/C16H16N4O4/c1-9(21)11-3-5-12(6-4-11)20-15(22)10(2)24-16(23)13-14(17)19-8-7-18-13/h3-8,10H,1-2H3,(H2,17,19)(H,20,22)/t10-/m0/s1. The number of rotatable bonds is 5. The molecule has 2 aromatic rings. The molecule has 1 heterocycles. The third kappa shape index (κ3) is 4.13. The number of hydrogen-bond acceptors (Lipinski definition) is 7. The van der Waals surface area contributed by atoms with Crippen molar-refractivity contribution in [3.05, 3.63) is 47.9 Å². The first-order valence-electron chi connectivity index (χ1n) is 7.08. The number of nitrogens with zero attached hydrogens (tertiary/aromatic N) is 2. The van der Waals surface area contributed by atoms with E-state index in [4.69, 9.17) is 10.5 Å². The lowest BCUT2D eigenvalue weighted by Gasteiger charge is -2.13. The van der Waals surface area contributed by atoms with E-state index in [1.54, 1.807) is 24.3 Å². The summed E-state index contributed by atoms with van der Waals surface area (Å²) in [7, 11) is 0. The fourth-order valence-corrected chi connectivity index (χ4v) is 1.81. The SMILES string of the molecule is CC(=O)c1ccc(NC(=O)[C@H](C)OC(=O)c2nccnc2N)cc1. The Morgan fingerprint density at radius 1 is 1.12 bits per heavy atom. The predicted octanol–water partition coefficient (Wildman–Crippen LogP) is 1.45. The molecule has 0 bridgehead atoms. The lowest BCUT2D eigenvalue weighted by atomic mass is 10.1. The van der Waals surface area contributed by atoms with Gasteiger partial charge in [0.2, 0.25) is 0 Å². The number of carbonyl (C=O) groups excluding carboxylic acids is 3. The molecule has 8 nitrogen and oxygen atoms in total. The van der Waals surface area contributed by atoms with Crippen LogP contribution in [0.15, 0.2) is 36.7 Å². The fraction of sp³-hybridized carbons (Fsp3) is 0.188. The van der Waals surface area contributed by atoms with Crippen LogP contribution in [0.3, 0.4) is 0 Å². The van der Waals surface area contributed by atoms with Crippen molar-refractivity contribution in [2.24, 2.45) is 0 Å². The van der Waals surface area contributed by atoms with Crippen molar-refractivity contribution in [3.63, 3.8) is 0 Å². The number of aromatic nitrogens is 2. The van der Waals surface area contributed by atoms with Crippen molar-refractivity contribution < 1.29 is 19.1 Å². The van der Waals surface area contributed by atoms with Gasteiger partial charge in [-0.1, -0.05) is 0 Å². The molecule has 2 rings (SSSR count). The zero-order valence-electron chi connectivity index (χ0n) is 13.1. The number of Topliss-reactive ketones (excluding diaryl/α,β-unsaturated/α-hetero) is 1. The number of nitrogens with two attached hydrogens (primary N) is 1. The Balaban J connectivity index is 1.98. The first kappa shape index (κ1) is 17.1. The van der Waals surface area contributed by atoms with E-state index >= 15 is 0 Å². The van der Waals surface area contributed by atoms with Gasteiger partial charge in [-0.05, 0) is 38.1 Å². The van der Waals surface area contributed by atoms with Gasteiger partial charge in [-0.15, -0.1) is 0 Å². The number of ether oxygens (including phenoxy) is 1. The van der Waals surface area contributed by atoms with Gasteiger partial charge in [0, 0.05) is 23.6 Å². The van der Waals surface area contributed by atoms with Crippen LogP contribution in [0.4, 0.5) is 11.5 Å². The number of amides is 1. The maximum atomic E-state index is 12.1. The molecule has 3 N–H and O–H groups in total. The Morgan fingerprint density at radius 2 is 1.75 bits per heavy atom. The molecule has 124 valence electrons. The Labute approximate surface area is 138 Å². The largest absolute Gasteiger partial charge is 0.448 e. The third-order valence-electron chi connectivity index (χ3n) is 3.13. The number of ketones is 1. The Morgan fingerprint density at radius 3 is 2.33 bits per heavy atom. The van der Waals surface area contributed by atoms with E-state index in [1.807, 2.05) is 0 Å². The summed E-state index contributed by atoms with van der Waals surface area (Å²) in [5.74, 6) is -1.51. The van der Waals surface area contributed by atoms with E-state index in [-0.39, 0.29) is 17.3 Å². The highest BCUT2D eigenvalue weighted by molar-refractivity contribution is 5.99. The molecule has 1 atom stereocenters. The second kappa shape index (κ2) is 7.32. The lowest BCUT2D eigenvalue weighted by Crippen LogP contribution is -2.30. The summed E-state index contributed by atoms with van der Waals surface area (Å²) < 4.78 is 5.03. The summed E-state index contributed by atoms with van der Waals surface area (Å²) in [6.45, 7) is 2.87. The molecule has 0 unspecified atom stereocenters. The van der Waals surface area contributed by atoms with Crippen molar-refractivity contribution in [2.75, 3.05) is 11.1 Å². The minimum absolute atomic E-state index is 0.0725. The molecule has 1 amide bonds. The number of hydrogen-bond donors (Lipinski definition) is 2. The number of nitrogen functional groups attached to an aromatic ring is 1. The van der Waals surface area contributed by atoms with Gasteiger partial charge in [0.05, 0.1) is 0 Å². The van der Waals surface area contributed by atoms with Crippen LogP contribution in [-0.4, -0.2) is 33.7 Å². The summed E-state index contributed by atoms with van der Waals surface area (Å²) in [4.78, 5) is 42.7. The smallest absolute Gasteiger partial charge is 0.361 e. The summed E-state index contributed by atoms with van der Waals surface area (Å²) in [6, 6.07) is 6.36. The van der Waals surface area contributed by atoms with E-state index in [2.05, 4.69) is 15.3 Å². The molecule has 0 saturated heterocycles. The summed E-state index contributed by atoms with van der Waals surface area (Å²) in [5, 5.41) is 2.58. The molecule has 0 aliphatic carbocycles. The maximum absolute atomic E-state index is 12.1. The van der Waals surface area contributed by atoms with Crippen molar-refractivity contribution in [2.45, 2.75) is 20.0 Å². The molecule has 24 heavy (non-hydrogen) atoms. The van der Waals surface area contributed by atoms with Crippen LogP contribution in [0.25, 0.3) is 0 Å². The van der Waals surface area contributed by atoms with E-state index < -0.39 is 18.0 Å². The van der Waals surface area contributed by atoms with Gasteiger partial charge in [-0.3, -0.25) is 9.59 Å². The number of nitrogens with one attached hydrogen (secondary N) is 1. The third-order valence-corrected chi connectivity index (χ3v) is 3.13. The monoisotopic (exact) mass is 328 g/mol. The average Bonchev–Trinajstić information content (AvgIpc) is 2.55. The van der Waals surface area contributed by atoms with Crippen molar-refractivity contribution >= 4 is 29.2 Å². The molecule has 0 fully saturated rings. The molecule has 1 aromatic carbocycles. The van der Waals surface area contributed by atoms with Gasteiger partial charge in [0.25, 0.3) is 5.91 Å². The highest BCUT2D eigenvalue weighted by Crippen LogP contribution is 2.12. The van der Waals surface area contributed by atoms with Crippen LogP contribution in [0.1, 0.15) is 34.7 Å². The van der Waals surface area contributed by atoms with Gasteiger partial charge in [0.1, 0.15) is 0 Å². The zero-order chi connectivity index (χ0) is 17.7. The van der Waals surface area contributed by atoms with E-state index in [9.17, 15) is 14.4 Å². The van der Waals surface area contributed by atoms with Crippen molar-refractivity contribution in [3.8, 4) is 0 Å². The molecule has 1 aromatic heterocycles. The molecular formula is C16H16N4O4. The quantitative estimate of drug-likeness (QED) is 0.628. The molecule has 0 radical (unpaired) electrons. The summed E-state index contributed by atoms with van der Waals surface area (Å²) in [6.07, 6.45) is 1.58. The minimum atomic E-state index is -1.06. The first-order chi connectivity index (χ1) is 11.4. The molecule has 0 aliphatic rings. The molecular weight excluding hydrogens is 312 g/mol. The molecule has 0 aliphatic heterocycles. The minimum Gasteiger partial charge on any atom is -0.448 e. The zero-order valence-corrected chi connectivity index (χ0v) is 13.1. The first-order valence-corrected chi connectivity index (χ1v) is 7.08. The lowest BCUT2D eigenvalue weighted by molar-refractivity contribution is -0.123. The van der Waals surface area contributed by atoms with E-state index in [0.29, 0.717) is 11.3 Å². The van der Waals surface area contributed by atoms with Gasteiger partial charge in [-0.2, -0.15) is 0 Å². The second-order valence-corrected chi connectivity index (χ2v) is 4.96. The maximum Gasteiger partial charge on any atom is 0.361 e. The Kier molecular flexibility index (Phi) is 5.20. The van der Waals surface area contributed by atoms with E-state index in [0.717, 1.165) is 0 Å². The van der Waals surface area contributed by atoms with Gasteiger partial charge >= 0.3 is 5.97 Å². The van der Waals surface area contributed by atoms with Gasteiger partial charge < -0.3 is 15.8 Å². The van der Waals surface area contributed by atoms with E-state index in [1.165, 1.54) is 26.2 Å². The van der Waals surface area contributed by atoms with Crippen LogP contribution in [-0.2, 0) is 9.53 Å². The highest BCUT2D eigenvalue weighted by atomic mass is 16.5. The fourth-order valence-electron chi connectivity index (χ4n) is 1.81. The van der Waals surface area contributed by atoms with Crippen molar-refractivity contribution in [1.82, 2.24) is 9.97 Å². The normalized spacial score (nSPS) is 11.4. The van der Waals surface area contributed by atoms with Crippen LogP contribution in [0, 0.1) is 0 Å². The second-order valence-electron chi connectivity index (χ2n) is 4.96. The topological polar surface area (TPSA) is 124 Å². The van der Waals surface area contributed by atoms with Gasteiger partial charge in [0.15, 0.2) is 23.4 Å². The Hall–Kier alpha value is -3.29. The number of benzene rings is 1. The van der Waals surface area contributed by atoms with Crippen LogP contribution in [0.5, 0.6) is 0 Å². The van der Waals surface area contributed by atoms with Gasteiger partial charge in [-0.25, -0.2) is 14.8 Å². The number of esters is 1. The summed E-state index contributed by atoms with van der Waals surface area (Å²) >= 11 is 0. The molecule has 8 heteroatoms. The molecule has 0 spiro atoms. The van der Waals surface area contributed by atoms with Crippen LogP contribution < -0.4 is 11.1 Å².